The molecule has 1 amide bonds. The van der Waals surface area contributed by atoms with Gasteiger partial charge in [0.05, 0.1) is 17.5 Å². The molecule has 28 heavy (non-hydrogen) atoms. The lowest BCUT2D eigenvalue weighted by molar-refractivity contribution is -0.114. The summed E-state index contributed by atoms with van der Waals surface area (Å²) in [7, 11) is -3.01. The van der Waals surface area contributed by atoms with Gasteiger partial charge in [0.15, 0.2) is 15.0 Å². The van der Waals surface area contributed by atoms with Crippen LogP contribution in [0.15, 0.2) is 59.6 Å². The Morgan fingerprint density at radius 2 is 1.96 bits per heavy atom. The number of para-hydroxylation sites is 1. The van der Waals surface area contributed by atoms with Gasteiger partial charge in [0, 0.05) is 16.6 Å². The summed E-state index contributed by atoms with van der Waals surface area (Å²) in [4.78, 5) is 19.2. The molecule has 4 rings (SSSR count). The minimum absolute atomic E-state index is 0.0638. The zero-order valence-electron chi connectivity index (χ0n) is 15.4. The first-order valence-corrected chi connectivity index (χ1v) is 11.7. The van der Waals surface area contributed by atoms with Crippen molar-refractivity contribution < 1.29 is 13.2 Å². The quantitative estimate of drug-likeness (QED) is 0.831. The Balaban J connectivity index is 1.55. The Bertz CT molecular complexity index is 1020. The van der Waals surface area contributed by atoms with Crippen molar-refractivity contribution in [3.63, 3.8) is 0 Å². The summed E-state index contributed by atoms with van der Waals surface area (Å²) >= 11 is 1.45. The van der Waals surface area contributed by atoms with Gasteiger partial charge in [-0.15, -0.1) is 0 Å². The van der Waals surface area contributed by atoms with E-state index in [4.69, 9.17) is 0 Å². The number of benzene rings is 2. The summed E-state index contributed by atoms with van der Waals surface area (Å²) < 4.78 is 23.7. The van der Waals surface area contributed by atoms with Crippen molar-refractivity contribution in [2.45, 2.75) is 18.2 Å². The number of rotatable bonds is 4. The Labute approximate surface area is 169 Å². The maximum Gasteiger partial charge on any atom is 0.244 e. The smallest absolute Gasteiger partial charge is 0.244 e. The van der Waals surface area contributed by atoms with Crippen LogP contribution in [0, 0.1) is 6.92 Å². The van der Waals surface area contributed by atoms with E-state index in [1.807, 2.05) is 66.4 Å². The van der Waals surface area contributed by atoms with E-state index < -0.39 is 9.84 Å². The van der Waals surface area contributed by atoms with Crippen LogP contribution in [-0.2, 0) is 14.6 Å². The third kappa shape index (κ3) is 4.23. The van der Waals surface area contributed by atoms with Gasteiger partial charge in [-0.25, -0.2) is 8.42 Å². The third-order valence-corrected chi connectivity index (χ3v) is 7.95. The summed E-state index contributed by atoms with van der Waals surface area (Å²) in [5, 5.41) is 3.57. The number of carbonyl (C=O) groups is 1. The highest BCUT2D eigenvalue weighted by Crippen LogP contribution is 2.36. The number of hydrogen-bond acceptors (Lipinski definition) is 6. The molecule has 1 fully saturated rings. The fourth-order valence-electron chi connectivity index (χ4n) is 3.42. The molecule has 2 atom stereocenters. The molecule has 0 bridgehead atoms. The molecule has 2 heterocycles. The topological polar surface area (TPSA) is 78.8 Å². The molecule has 0 aromatic heterocycles. The van der Waals surface area contributed by atoms with Gasteiger partial charge in [-0.3, -0.25) is 9.79 Å². The number of carbonyl (C=O) groups excluding carboxylic acids is 1. The minimum Gasteiger partial charge on any atom is -0.325 e. The molecule has 2 aliphatic rings. The standard InChI is InChI=1S/C20H21N3O3S2/c1-14-6-5-7-15(10-14)21-19(24)11-23(16-8-3-2-4-9-16)20-22-17-12-28(25,26)13-18(17)27-20/h2-10,17-18H,11-13H2,1H3,(H,21,24). The normalized spacial score (nSPS) is 22.4. The van der Waals surface area contributed by atoms with Gasteiger partial charge in [-0.1, -0.05) is 42.1 Å². The summed E-state index contributed by atoms with van der Waals surface area (Å²) in [5.41, 5.74) is 2.68. The second-order valence-corrected chi connectivity index (χ2v) is 10.4. The molecule has 2 aromatic rings. The monoisotopic (exact) mass is 415 g/mol. The average molecular weight is 416 g/mol. The number of hydrogen-bond donors (Lipinski definition) is 1. The average Bonchev–Trinajstić information content (AvgIpc) is 3.14. The second-order valence-electron chi connectivity index (χ2n) is 7.05. The molecular weight excluding hydrogens is 394 g/mol. The Hall–Kier alpha value is -2.32. The highest BCUT2D eigenvalue weighted by atomic mass is 32.2. The van der Waals surface area contributed by atoms with Gasteiger partial charge in [0.1, 0.15) is 6.54 Å². The van der Waals surface area contributed by atoms with E-state index in [1.165, 1.54) is 11.8 Å². The van der Waals surface area contributed by atoms with Crippen molar-refractivity contribution in [2.75, 3.05) is 28.3 Å². The fraction of sp³-hybridized carbons (Fsp3) is 0.300. The number of thioether (sulfide) groups is 1. The minimum atomic E-state index is -3.01. The number of amidine groups is 1. The van der Waals surface area contributed by atoms with Crippen molar-refractivity contribution in [3.05, 3.63) is 60.2 Å². The fourth-order valence-corrected chi connectivity index (χ4v) is 7.20. The van der Waals surface area contributed by atoms with Gasteiger partial charge < -0.3 is 10.2 Å². The molecule has 6 nitrogen and oxygen atoms in total. The summed E-state index contributed by atoms with van der Waals surface area (Å²) in [6.45, 7) is 2.08. The third-order valence-electron chi connectivity index (χ3n) is 4.71. The number of aliphatic imine (C=N–C) groups is 1. The van der Waals surface area contributed by atoms with Gasteiger partial charge in [0.25, 0.3) is 0 Å². The Morgan fingerprint density at radius 1 is 1.18 bits per heavy atom. The lowest BCUT2D eigenvalue weighted by atomic mass is 10.2. The number of fused-ring (bicyclic) bond motifs is 1. The van der Waals surface area contributed by atoms with Crippen LogP contribution in [0.4, 0.5) is 11.4 Å². The zero-order chi connectivity index (χ0) is 19.7. The van der Waals surface area contributed by atoms with Crippen molar-refractivity contribution >= 4 is 44.0 Å². The summed E-state index contributed by atoms with van der Waals surface area (Å²) in [5.74, 6) is 0.0853. The van der Waals surface area contributed by atoms with E-state index in [0.29, 0.717) is 5.17 Å². The Kier molecular flexibility index (Phi) is 5.16. The number of nitrogens with one attached hydrogen (secondary N) is 1. The van der Waals surface area contributed by atoms with E-state index in [0.717, 1.165) is 16.9 Å². The molecule has 0 saturated carbocycles. The lowest BCUT2D eigenvalue weighted by Gasteiger charge is -2.24. The molecule has 2 aromatic carbocycles. The van der Waals surface area contributed by atoms with E-state index in [1.54, 1.807) is 0 Å². The first-order chi connectivity index (χ1) is 13.4. The predicted octanol–water partition coefficient (Wildman–Crippen LogP) is 2.71. The zero-order valence-corrected chi connectivity index (χ0v) is 17.0. The SMILES string of the molecule is Cc1cccc(NC(=O)CN(C2=NC3CS(=O)(=O)CC3S2)c2ccccc2)c1. The number of amides is 1. The molecule has 0 spiro atoms. The molecule has 1 saturated heterocycles. The van der Waals surface area contributed by atoms with E-state index >= 15 is 0 Å². The van der Waals surface area contributed by atoms with Gasteiger partial charge in [0.2, 0.25) is 5.91 Å². The maximum absolute atomic E-state index is 12.7. The van der Waals surface area contributed by atoms with Crippen LogP contribution in [-0.4, -0.2) is 48.8 Å². The molecule has 0 aliphatic carbocycles. The van der Waals surface area contributed by atoms with Crippen LogP contribution in [0.2, 0.25) is 0 Å². The van der Waals surface area contributed by atoms with Crippen LogP contribution in [0.5, 0.6) is 0 Å². The highest BCUT2D eigenvalue weighted by molar-refractivity contribution is 8.15. The molecule has 0 radical (unpaired) electrons. The van der Waals surface area contributed by atoms with E-state index in [9.17, 15) is 13.2 Å². The van der Waals surface area contributed by atoms with E-state index in [2.05, 4.69) is 10.3 Å². The molecule has 2 aliphatic heterocycles. The van der Waals surface area contributed by atoms with Crippen LogP contribution in [0.25, 0.3) is 0 Å². The maximum atomic E-state index is 12.7. The largest absolute Gasteiger partial charge is 0.325 e. The van der Waals surface area contributed by atoms with Crippen molar-refractivity contribution in [2.24, 2.45) is 4.99 Å². The molecule has 146 valence electrons. The van der Waals surface area contributed by atoms with E-state index in [-0.39, 0.29) is 35.2 Å². The number of aryl methyl sites for hydroxylation is 1. The summed E-state index contributed by atoms with van der Waals surface area (Å²) in [6, 6.07) is 17.0. The first kappa shape index (κ1) is 19.0. The predicted molar refractivity (Wildman–Crippen MR) is 115 cm³/mol. The Morgan fingerprint density at radius 3 is 2.68 bits per heavy atom. The molecule has 1 N–H and O–H groups in total. The van der Waals surface area contributed by atoms with Gasteiger partial charge in [-0.2, -0.15) is 0 Å². The highest BCUT2D eigenvalue weighted by Gasteiger charge is 2.44. The van der Waals surface area contributed by atoms with Crippen molar-refractivity contribution in [1.82, 2.24) is 0 Å². The van der Waals surface area contributed by atoms with Crippen LogP contribution < -0.4 is 10.2 Å². The van der Waals surface area contributed by atoms with Gasteiger partial charge in [-0.05, 0) is 36.8 Å². The van der Waals surface area contributed by atoms with Crippen molar-refractivity contribution in [3.8, 4) is 0 Å². The first-order valence-electron chi connectivity index (χ1n) is 9.04. The molecule has 2 unspecified atom stereocenters. The van der Waals surface area contributed by atoms with Crippen LogP contribution in [0.3, 0.4) is 0 Å². The number of nitrogens with zero attached hydrogens (tertiary/aromatic N) is 2. The van der Waals surface area contributed by atoms with Crippen LogP contribution >= 0.6 is 11.8 Å². The molecule has 8 heteroatoms. The lowest BCUT2D eigenvalue weighted by Crippen LogP contribution is -2.36. The van der Waals surface area contributed by atoms with Crippen LogP contribution in [0.1, 0.15) is 5.56 Å². The molecular formula is C20H21N3O3S2. The van der Waals surface area contributed by atoms with Crippen molar-refractivity contribution in [1.29, 1.82) is 0 Å². The number of sulfone groups is 1. The summed E-state index contributed by atoms with van der Waals surface area (Å²) in [6.07, 6.45) is 0. The second kappa shape index (κ2) is 7.60. The van der Waals surface area contributed by atoms with Gasteiger partial charge >= 0.3 is 0 Å². The number of anilines is 2.